The topological polar surface area (TPSA) is 85.6 Å². The lowest BCUT2D eigenvalue weighted by Crippen LogP contribution is -2.24. The van der Waals surface area contributed by atoms with Gasteiger partial charge in [-0.05, 0) is 18.2 Å². The van der Waals surface area contributed by atoms with E-state index in [0.29, 0.717) is 22.2 Å². The van der Waals surface area contributed by atoms with Crippen LogP contribution in [0.1, 0.15) is 6.92 Å². The summed E-state index contributed by atoms with van der Waals surface area (Å²) in [5.41, 5.74) is 3.33. The molecular formula is C14H11ClN5O2-. The van der Waals surface area contributed by atoms with Gasteiger partial charge in [-0.25, -0.2) is 9.50 Å². The Morgan fingerprint density at radius 3 is 2.91 bits per heavy atom. The number of aromatic nitrogens is 3. The van der Waals surface area contributed by atoms with Crippen molar-refractivity contribution in [3.05, 3.63) is 53.1 Å². The zero-order chi connectivity index (χ0) is 15.7. The maximum absolute atomic E-state index is 12.1. The molecule has 1 N–H and O–H groups in total. The molecule has 0 saturated heterocycles. The first kappa shape index (κ1) is 14.3. The summed E-state index contributed by atoms with van der Waals surface area (Å²) in [5.74, 6) is 0.0282. The van der Waals surface area contributed by atoms with Crippen LogP contribution in [-0.4, -0.2) is 20.5 Å². The van der Waals surface area contributed by atoms with Crippen LogP contribution in [0.5, 0.6) is 0 Å². The van der Waals surface area contributed by atoms with Gasteiger partial charge in [0.15, 0.2) is 0 Å². The Morgan fingerprint density at radius 1 is 1.36 bits per heavy atom. The Kier molecular flexibility index (Phi) is 3.66. The van der Waals surface area contributed by atoms with E-state index in [9.17, 15) is 10.0 Å². The summed E-state index contributed by atoms with van der Waals surface area (Å²) in [4.78, 5) is 17.6. The molecule has 0 spiro atoms. The molecule has 3 aromatic rings. The molecule has 0 radical (unpaired) electrons. The molecule has 0 aliphatic carbocycles. The normalized spacial score (nSPS) is 10.7. The third kappa shape index (κ3) is 2.47. The number of fused-ring (bicyclic) bond motifs is 1. The fraction of sp³-hybridized carbons (Fsp3) is 0.0714. The van der Waals surface area contributed by atoms with Crippen molar-refractivity contribution < 1.29 is 4.79 Å². The van der Waals surface area contributed by atoms with Crippen LogP contribution in [0.4, 0.5) is 17.2 Å². The second-order valence-electron chi connectivity index (χ2n) is 4.57. The van der Waals surface area contributed by atoms with Gasteiger partial charge in [-0.15, -0.1) is 0 Å². The smallest absolute Gasteiger partial charge is 0.229 e. The summed E-state index contributed by atoms with van der Waals surface area (Å²) in [6.45, 7) is 1.40. The molecule has 22 heavy (non-hydrogen) atoms. The standard InChI is InChI=1S/C14H11ClN5O2/c1-9(21)20(14-6-10(18-22)2-4-16-14)13-7-11-3-5-17-19(11)8-12(13)15/h2-8H,1H3,(H-,16,18,22)/q-1. The van der Waals surface area contributed by atoms with Gasteiger partial charge in [0.1, 0.15) is 5.82 Å². The van der Waals surface area contributed by atoms with Crippen LogP contribution in [0.3, 0.4) is 0 Å². The number of anilines is 3. The van der Waals surface area contributed by atoms with Crippen molar-refractivity contribution in [2.45, 2.75) is 6.92 Å². The van der Waals surface area contributed by atoms with Crippen molar-refractivity contribution >= 4 is 40.2 Å². The second-order valence-corrected chi connectivity index (χ2v) is 4.97. The number of halogens is 1. The van der Waals surface area contributed by atoms with E-state index in [2.05, 4.69) is 10.1 Å². The molecule has 3 aromatic heterocycles. The fourth-order valence-corrected chi connectivity index (χ4v) is 2.39. The summed E-state index contributed by atoms with van der Waals surface area (Å²) < 4.78 is 1.60. The highest BCUT2D eigenvalue weighted by Gasteiger charge is 2.19. The maximum atomic E-state index is 12.1. The molecule has 1 amide bonds. The molecule has 3 rings (SSSR count). The first-order chi connectivity index (χ1) is 10.6. The van der Waals surface area contributed by atoms with Crippen LogP contribution in [-0.2, 0) is 4.79 Å². The SMILES string of the molecule is CC(=O)N(c1cc(N[O-])ccn1)c1cc2ccnn2cc1Cl. The number of hydrogen-bond donors (Lipinski definition) is 1. The van der Waals surface area contributed by atoms with Crippen molar-refractivity contribution in [3.8, 4) is 0 Å². The highest BCUT2D eigenvalue weighted by atomic mass is 35.5. The largest absolute Gasteiger partial charge is 0.761 e. The van der Waals surface area contributed by atoms with Gasteiger partial charge in [-0.3, -0.25) is 9.69 Å². The predicted molar refractivity (Wildman–Crippen MR) is 84.2 cm³/mol. The van der Waals surface area contributed by atoms with Crippen LogP contribution in [0, 0.1) is 5.21 Å². The lowest BCUT2D eigenvalue weighted by molar-refractivity contribution is -0.115. The number of pyridine rings is 2. The zero-order valence-corrected chi connectivity index (χ0v) is 12.3. The summed E-state index contributed by atoms with van der Waals surface area (Å²) in [5, 5.41) is 15.2. The number of nitrogens with zero attached hydrogens (tertiary/aromatic N) is 4. The Bertz CT molecular complexity index is 848. The quantitative estimate of drug-likeness (QED) is 0.751. The van der Waals surface area contributed by atoms with Crippen molar-refractivity contribution in [2.24, 2.45) is 0 Å². The molecule has 0 fully saturated rings. The first-order valence-corrected chi connectivity index (χ1v) is 6.76. The van der Waals surface area contributed by atoms with E-state index in [-0.39, 0.29) is 5.91 Å². The predicted octanol–water partition coefficient (Wildman–Crippen LogP) is 2.98. The third-order valence-electron chi connectivity index (χ3n) is 3.11. The van der Waals surface area contributed by atoms with Crippen LogP contribution in [0.15, 0.2) is 42.9 Å². The third-order valence-corrected chi connectivity index (χ3v) is 3.41. The van der Waals surface area contributed by atoms with E-state index in [4.69, 9.17) is 11.6 Å². The van der Waals surface area contributed by atoms with Gasteiger partial charge < -0.3 is 10.7 Å². The minimum Gasteiger partial charge on any atom is -0.761 e. The van der Waals surface area contributed by atoms with E-state index in [0.717, 1.165) is 5.52 Å². The van der Waals surface area contributed by atoms with Crippen LogP contribution in [0.2, 0.25) is 5.02 Å². The van der Waals surface area contributed by atoms with E-state index in [1.165, 1.54) is 30.2 Å². The lowest BCUT2D eigenvalue weighted by Gasteiger charge is -2.22. The van der Waals surface area contributed by atoms with Crippen molar-refractivity contribution in [3.63, 3.8) is 0 Å². The molecule has 0 unspecified atom stereocenters. The molecule has 0 bridgehead atoms. The average Bonchev–Trinajstić information content (AvgIpc) is 2.94. The van der Waals surface area contributed by atoms with Crippen molar-refractivity contribution in [2.75, 3.05) is 10.4 Å². The van der Waals surface area contributed by atoms with E-state index in [1.807, 2.05) is 0 Å². The van der Waals surface area contributed by atoms with Gasteiger partial charge >= 0.3 is 0 Å². The van der Waals surface area contributed by atoms with E-state index < -0.39 is 0 Å². The highest BCUT2D eigenvalue weighted by molar-refractivity contribution is 6.34. The Hall–Kier alpha value is -2.64. The lowest BCUT2D eigenvalue weighted by atomic mass is 10.3. The monoisotopic (exact) mass is 316 g/mol. The molecule has 8 heteroatoms. The fourth-order valence-electron chi connectivity index (χ4n) is 2.16. The summed E-state index contributed by atoms with van der Waals surface area (Å²) >= 11 is 6.26. The molecular weight excluding hydrogens is 306 g/mol. The van der Waals surface area contributed by atoms with E-state index in [1.54, 1.807) is 34.5 Å². The molecule has 3 heterocycles. The number of rotatable bonds is 3. The second kappa shape index (κ2) is 5.63. The Labute approximate surface area is 130 Å². The van der Waals surface area contributed by atoms with Crippen molar-refractivity contribution in [1.82, 2.24) is 14.6 Å². The first-order valence-electron chi connectivity index (χ1n) is 6.38. The minimum absolute atomic E-state index is 0.277. The number of nitrogens with one attached hydrogen (secondary N) is 1. The highest BCUT2D eigenvalue weighted by Crippen LogP contribution is 2.33. The van der Waals surface area contributed by atoms with Gasteiger partial charge in [0, 0.05) is 37.3 Å². The van der Waals surface area contributed by atoms with Crippen LogP contribution in [0.25, 0.3) is 5.52 Å². The van der Waals surface area contributed by atoms with Gasteiger partial charge in [0.05, 0.1) is 16.2 Å². The number of carbonyl (C=O) groups excluding carboxylic acids is 1. The molecule has 0 atom stereocenters. The van der Waals surface area contributed by atoms with Gasteiger partial charge in [0.25, 0.3) is 0 Å². The molecule has 0 aliphatic rings. The van der Waals surface area contributed by atoms with Gasteiger partial charge in [-0.1, -0.05) is 11.6 Å². The summed E-state index contributed by atoms with van der Waals surface area (Å²) in [6, 6.07) is 6.51. The van der Waals surface area contributed by atoms with Crippen LogP contribution < -0.4 is 10.4 Å². The number of amides is 1. The molecule has 0 aromatic carbocycles. The van der Waals surface area contributed by atoms with Crippen LogP contribution >= 0.6 is 11.6 Å². The molecule has 0 saturated carbocycles. The summed E-state index contributed by atoms with van der Waals surface area (Å²) in [6.07, 6.45) is 4.68. The maximum Gasteiger partial charge on any atom is 0.229 e. The van der Waals surface area contributed by atoms with E-state index >= 15 is 0 Å². The number of hydrogen-bond acceptors (Lipinski definition) is 5. The molecule has 0 aliphatic heterocycles. The average molecular weight is 317 g/mol. The molecule has 112 valence electrons. The van der Waals surface area contributed by atoms with Gasteiger partial charge in [-0.2, -0.15) is 5.10 Å². The molecule has 7 nitrogen and oxygen atoms in total. The summed E-state index contributed by atoms with van der Waals surface area (Å²) in [7, 11) is 0. The minimum atomic E-state index is -0.277. The van der Waals surface area contributed by atoms with Gasteiger partial charge in [0.2, 0.25) is 5.91 Å². The Balaban J connectivity index is 2.16. The van der Waals surface area contributed by atoms with Crippen molar-refractivity contribution in [1.29, 1.82) is 0 Å². The number of carbonyl (C=O) groups is 1. The zero-order valence-electron chi connectivity index (χ0n) is 11.5. The Morgan fingerprint density at radius 2 is 2.18 bits per heavy atom.